The summed E-state index contributed by atoms with van der Waals surface area (Å²) in [7, 11) is 0. The second kappa shape index (κ2) is 5.23. The molecule has 2 heterocycles. The van der Waals surface area contributed by atoms with Gasteiger partial charge >= 0.3 is 0 Å². The van der Waals surface area contributed by atoms with Crippen LogP contribution in [0.5, 0.6) is 0 Å². The summed E-state index contributed by atoms with van der Waals surface area (Å²) in [5, 5.41) is 5.18. The van der Waals surface area contributed by atoms with Crippen molar-refractivity contribution in [2.24, 2.45) is 5.92 Å². The van der Waals surface area contributed by atoms with E-state index >= 15 is 0 Å². The fraction of sp³-hybridized carbons (Fsp3) is 0.529. The van der Waals surface area contributed by atoms with Gasteiger partial charge in [0, 0.05) is 35.8 Å². The predicted molar refractivity (Wildman–Crippen MR) is 80.9 cm³/mol. The Morgan fingerprint density at radius 1 is 1.25 bits per heavy atom. The number of fused-ring (bicyclic) bond motifs is 3. The quantitative estimate of drug-likeness (QED) is 0.899. The van der Waals surface area contributed by atoms with Gasteiger partial charge in [0.15, 0.2) is 0 Å². The van der Waals surface area contributed by atoms with E-state index < -0.39 is 0 Å². The van der Waals surface area contributed by atoms with E-state index in [1.165, 1.54) is 47.8 Å². The summed E-state index contributed by atoms with van der Waals surface area (Å²) in [6.07, 6.45) is 4.95. The van der Waals surface area contributed by atoms with Crippen LogP contribution in [-0.2, 0) is 11.2 Å². The fourth-order valence-electron chi connectivity index (χ4n) is 3.67. The van der Waals surface area contributed by atoms with Gasteiger partial charge in [0.25, 0.3) is 0 Å². The molecule has 0 bridgehead atoms. The number of hydrogen-bond acceptors (Lipinski definition) is 2. The van der Waals surface area contributed by atoms with Crippen LogP contribution in [0.4, 0.5) is 0 Å². The maximum absolute atomic E-state index is 5.47. The zero-order chi connectivity index (χ0) is 13.4. The van der Waals surface area contributed by atoms with E-state index in [0.717, 1.165) is 19.8 Å². The SMILES string of the molecule is c1ccc2c3c([nH]c2c1)C(NCC1CCOC1)CCC3. The molecule has 2 N–H and O–H groups in total. The zero-order valence-electron chi connectivity index (χ0n) is 11.8. The third kappa shape index (κ3) is 2.15. The average Bonchev–Trinajstić information content (AvgIpc) is 3.12. The minimum absolute atomic E-state index is 0.492. The summed E-state index contributed by atoms with van der Waals surface area (Å²) < 4.78 is 5.47. The van der Waals surface area contributed by atoms with E-state index in [0.29, 0.717) is 12.0 Å². The minimum Gasteiger partial charge on any atom is -0.381 e. The monoisotopic (exact) mass is 270 g/mol. The number of rotatable bonds is 3. The standard InChI is InChI=1S/C17H22N2O/c1-2-6-15-13(4-1)14-5-3-7-16(17(14)19-15)18-10-12-8-9-20-11-12/h1-2,4,6,12,16,18-19H,3,5,7-11H2. The van der Waals surface area contributed by atoms with Gasteiger partial charge < -0.3 is 15.0 Å². The molecule has 0 amide bonds. The van der Waals surface area contributed by atoms with Crippen molar-refractivity contribution in [1.82, 2.24) is 10.3 Å². The summed E-state index contributed by atoms with van der Waals surface area (Å²) in [6.45, 7) is 2.95. The molecule has 0 saturated carbocycles. The van der Waals surface area contributed by atoms with Crippen molar-refractivity contribution >= 4 is 10.9 Å². The van der Waals surface area contributed by atoms with E-state index in [9.17, 15) is 0 Å². The van der Waals surface area contributed by atoms with Crippen molar-refractivity contribution in [3.8, 4) is 0 Å². The van der Waals surface area contributed by atoms with Crippen molar-refractivity contribution in [3.63, 3.8) is 0 Å². The second-order valence-corrected chi connectivity index (χ2v) is 6.15. The molecule has 4 rings (SSSR count). The number of aromatic nitrogens is 1. The molecule has 1 saturated heterocycles. The third-order valence-electron chi connectivity index (χ3n) is 4.79. The highest BCUT2D eigenvalue weighted by molar-refractivity contribution is 5.85. The van der Waals surface area contributed by atoms with Crippen LogP contribution in [0, 0.1) is 5.92 Å². The van der Waals surface area contributed by atoms with Crippen LogP contribution in [0.15, 0.2) is 24.3 Å². The van der Waals surface area contributed by atoms with E-state index in [1.807, 2.05) is 0 Å². The molecule has 2 aromatic rings. The number of aryl methyl sites for hydroxylation is 1. The molecule has 1 aromatic heterocycles. The second-order valence-electron chi connectivity index (χ2n) is 6.15. The maximum Gasteiger partial charge on any atom is 0.0507 e. The molecule has 1 aliphatic carbocycles. The minimum atomic E-state index is 0.492. The first-order valence-electron chi connectivity index (χ1n) is 7.82. The molecule has 0 radical (unpaired) electrons. The van der Waals surface area contributed by atoms with Crippen molar-refractivity contribution in [2.75, 3.05) is 19.8 Å². The summed E-state index contributed by atoms with van der Waals surface area (Å²) >= 11 is 0. The maximum atomic E-state index is 5.47. The van der Waals surface area contributed by atoms with E-state index in [1.54, 1.807) is 0 Å². The van der Waals surface area contributed by atoms with Crippen molar-refractivity contribution in [3.05, 3.63) is 35.5 Å². The summed E-state index contributed by atoms with van der Waals surface area (Å²) in [5.41, 5.74) is 4.25. The highest BCUT2D eigenvalue weighted by Gasteiger charge is 2.25. The first-order valence-corrected chi connectivity index (χ1v) is 7.82. The number of benzene rings is 1. The molecule has 106 valence electrons. The number of hydrogen-bond donors (Lipinski definition) is 2. The van der Waals surface area contributed by atoms with Gasteiger partial charge in [-0.2, -0.15) is 0 Å². The van der Waals surface area contributed by atoms with Crippen LogP contribution in [0.3, 0.4) is 0 Å². The summed E-state index contributed by atoms with van der Waals surface area (Å²) in [6, 6.07) is 9.19. The first-order chi connectivity index (χ1) is 9.92. The lowest BCUT2D eigenvalue weighted by atomic mass is 9.91. The van der Waals surface area contributed by atoms with Gasteiger partial charge in [-0.15, -0.1) is 0 Å². The number of H-pyrrole nitrogens is 1. The molecular formula is C17H22N2O. The summed E-state index contributed by atoms with van der Waals surface area (Å²) in [4.78, 5) is 3.65. The van der Waals surface area contributed by atoms with Crippen LogP contribution < -0.4 is 5.32 Å². The number of ether oxygens (including phenoxy) is 1. The van der Waals surface area contributed by atoms with Gasteiger partial charge in [0.2, 0.25) is 0 Å². The Morgan fingerprint density at radius 3 is 3.10 bits per heavy atom. The first kappa shape index (κ1) is 12.4. The molecule has 1 aromatic carbocycles. The molecule has 0 spiro atoms. The van der Waals surface area contributed by atoms with Gasteiger partial charge in [-0.05, 0) is 43.2 Å². The van der Waals surface area contributed by atoms with Gasteiger partial charge in [-0.3, -0.25) is 0 Å². The van der Waals surface area contributed by atoms with E-state index in [-0.39, 0.29) is 0 Å². The lowest BCUT2D eigenvalue weighted by Gasteiger charge is -2.25. The molecule has 3 nitrogen and oxygen atoms in total. The third-order valence-corrected chi connectivity index (χ3v) is 4.79. The highest BCUT2D eigenvalue weighted by atomic mass is 16.5. The highest BCUT2D eigenvalue weighted by Crippen LogP contribution is 2.34. The molecule has 3 heteroatoms. The Hall–Kier alpha value is -1.32. The lowest BCUT2D eigenvalue weighted by Crippen LogP contribution is -2.30. The molecule has 1 aliphatic heterocycles. The smallest absolute Gasteiger partial charge is 0.0507 e. The lowest BCUT2D eigenvalue weighted by molar-refractivity contribution is 0.184. The van der Waals surface area contributed by atoms with Crippen LogP contribution in [-0.4, -0.2) is 24.7 Å². The van der Waals surface area contributed by atoms with Crippen LogP contribution >= 0.6 is 0 Å². The summed E-state index contributed by atoms with van der Waals surface area (Å²) in [5.74, 6) is 0.699. The van der Waals surface area contributed by atoms with Crippen molar-refractivity contribution in [2.45, 2.75) is 31.7 Å². The van der Waals surface area contributed by atoms with Crippen molar-refractivity contribution in [1.29, 1.82) is 0 Å². The number of nitrogens with one attached hydrogen (secondary N) is 2. The van der Waals surface area contributed by atoms with Crippen LogP contribution in [0.25, 0.3) is 10.9 Å². The Labute approximate surface area is 119 Å². The number of aromatic amines is 1. The molecule has 20 heavy (non-hydrogen) atoms. The predicted octanol–water partition coefficient (Wildman–Crippen LogP) is 3.17. The Balaban J connectivity index is 1.57. The average molecular weight is 270 g/mol. The zero-order valence-corrected chi connectivity index (χ0v) is 11.8. The van der Waals surface area contributed by atoms with E-state index in [4.69, 9.17) is 4.74 Å². The molecule has 2 unspecified atom stereocenters. The molecule has 1 fully saturated rings. The molecular weight excluding hydrogens is 248 g/mol. The Bertz CT molecular complexity index is 598. The van der Waals surface area contributed by atoms with Gasteiger partial charge in [-0.1, -0.05) is 18.2 Å². The van der Waals surface area contributed by atoms with Gasteiger partial charge in [-0.25, -0.2) is 0 Å². The molecule has 2 atom stereocenters. The largest absolute Gasteiger partial charge is 0.381 e. The number of para-hydroxylation sites is 1. The van der Waals surface area contributed by atoms with Gasteiger partial charge in [0.05, 0.1) is 6.61 Å². The van der Waals surface area contributed by atoms with Crippen molar-refractivity contribution < 1.29 is 4.74 Å². The fourth-order valence-corrected chi connectivity index (χ4v) is 3.67. The molecule has 2 aliphatic rings. The van der Waals surface area contributed by atoms with Gasteiger partial charge in [0.1, 0.15) is 0 Å². The Morgan fingerprint density at radius 2 is 2.20 bits per heavy atom. The Kier molecular flexibility index (Phi) is 3.25. The van der Waals surface area contributed by atoms with Crippen LogP contribution in [0.1, 0.15) is 36.6 Å². The van der Waals surface area contributed by atoms with E-state index in [2.05, 4.69) is 34.6 Å². The normalized spacial score (nSPS) is 26.0. The topological polar surface area (TPSA) is 37.0 Å². The van der Waals surface area contributed by atoms with Crippen LogP contribution in [0.2, 0.25) is 0 Å².